The topological polar surface area (TPSA) is 56.2 Å². The maximum absolute atomic E-state index is 7.35. The van der Waals surface area contributed by atoms with Gasteiger partial charge in [0.1, 0.15) is 5.58 Å². The van der Waals surface area contributed by atoms with E-state index in [0.717, 1.165) is 66.0 Å². The van der Waals surface area contributed by atoms with E-state index in [9.17, 15) is 0 Å². The first-order valence-electron chi connectivity index (χ1n) is 16.4. The van der Waals surface area contributed by atoms with E-state index in [0.29, 0.717) is 11.4 Å². The molecule has 0 aliphatic carbocycles. The molecule has 0 unspecified atom stereocenters. The van der Waals surface area contributed by atoms with Crippen LogP contribution in [0.25, 0.3) is 71.7 Å². The summed E-state index contributed by atoms with van der Waals surface area (Å²) in [5, 5.41) is 5.58. The molecule has 9 rings (SSSR count). The molecule has 0 fully saturated rings. The molecule has 5 aromatic carbocycles. The zero-order valence-corrected chi connectivity index (χ0v) is 27.8. The van der Waals surface area contributed by atoms with E-state index < -0.39 is 6.85 Å². The monoisotopic (exact) mass is 778 g/mol. The summed E-state index contributed by atoms with van der Waals surface area (Å²) in [5.74, 6) is 0.564. The number of hydrogen-bond donors (Lipinski definition) is 0. The van der Waals surface area contributed by atoms with Gasteiger partial charge in [0.2, 0.25) is 0 Å². The first-order chi connectivity index (χ1) is 23.1. The van der Waals surface area contributed by atoms with E-state index in [1.807, 2.05) is 36.4 Å². The molecule has 46 heavy (non-hydrogen) atoms. The Morgan fingerprint density at radius 3 is 2.41 bits per heavy atom. The van der Waals surface area contributed by atoms with Gasteiger partial charge in [0.25, 0.3) is 0 Å². The van der Waals surface area contributed by atoms with Crippen molar-refractivity contribution < 1.29 is 28.6 Å². The Labute approximate surface area is 284 Å². The first kappa shape index (κ1) is 26.3. The van der Waals surface area contributed by atoms with E-state index in [1.54, 1.807) is 18.3 Å². The van der Waals surface area contributed by atoms with Crippen LogP contribution in [0.5, 0.6) is 0 Å². The standard InChI is InChI=1S/C25H13N2O.C15H17N2.Ir/c1-2-9-19-15(7-1)17-13-14-18-16-8-3-6-12-22(16)28-24(18)23(17)27-21-11-5-4-10-20(21)26-25(19)27;1-11-5-7-12(8-6-11)14-16-10-9-13(17-14)15(2,3)4;/h1-8,10-14H;5-7,9-10H,1-4H3;/q2*-1;/i;1D3;. The number of hydrogen-bond acceptors (Lipinski definition) is 4. The fourth-order valence-corrected chi connectivity index (χ4v) is 5.95. The Balaban J connectivity index is 0.000000161. The SMILES string of the molecule is [2H]C([2H])([2H])c1c[c-]c(-c2nccc(C(C)(C)C)n2)cc1.[Ir].[c-]1cccc2c1c1nc3ccccc3n1c1c2ccc2c3ccccc3oc21. The fraction of sp³-hybridized carbons (Fsp3) is 0.125. The first-order valence-corrected chi connectivity index (χ1v) is 14.9. The minimum Gasteiger partial charge on any atom is -0.454 e. The maximum atomic E-state index is 7.35. The van der Waals surface area contributed by atoms with Gasteiger partial charge >= 0.3 is 0 Å². The number of benzene rings is 5. The molecule has 0 N–H and O–H groups in total. The van der Waals surface area contributed by atoms with E-state index in [-0.39, 0.29) is 31.1 Å². The van der Waals surface area contributed by atoms with E-state index >= 15 is 0 Å². The van der Waals surface area contributed by atoms with Gasteiger partial charge < -0.3 is 8.82 Å². The average Bonchev–Trinajstić information content (AvgIpc) is 3.67. The number of aromatic nitrogens is 4. The number of para-hydroxylation sites is 3. The predicted octanol–water partition coefficient (Wildman–Crippen LogP) is 10.0. The molecule has 1 radical (unpaired) electrons. The summed E-state index contributed by atoms with van der Waals surface area (Å²) in [5.41, 5.74) is 7.68. The van der Waals surface area contributed by atoms with Crippen LogP contribution in [-0.4, -0.2) is 19.4 Å². The van der Waals surface area contributed by atoms with Crippen molar-refractivity contribution >= 4 is 60.3 Å². The summed E-state index contributed by atoms with van der Waals surface area (Å²) in [4.78, 5) is 13.7. The summed E-state index contributed by atoms with van der Waals surface area (Å²) < 4.78 is 30.7. The fourth-order valence-electron chi connectivity index (χ4n) is 5.95. The summed E-state index contributed by atoms with van der Waals surface area (Å²) in [7, 11) is 0. The second kappa shape index (κ2) is 11.5. The molecule has 0 aliphatic rings. The van der Waals surface area contributed by atoms with Crippen molar-refractivity contribution in [3.63, 3.8) is 0 Å². The van der Waals surface area contributed by atoms with Crippen LogP contribution < -0.4 is 0 Å². The number of nitrogens with zero attached hydrogens (tertiary/aromatic N) is 4. The van der Waals surface area contributed by atoms with E-state index in [1.165, 1.54) is 6.07 Å². The van der Waals surface area contributed by atoms with Crippen molar-refractivity contribution in [2.75, 3.05) is 0 Å². The molecule has 0 spiro atoms. The summed E-state index contributed by atoms with van der Waals surface area (Å²) in [6.07, 6.45) is 1.72. The van der Waals surface area contributed by atoms with Gasteiger partial charge in [-0.2, -0.15) is 0 Å². The van der Waals surface area contributed by atoms with E-state index in [4.69, 9.17) is 13.5 Å². The minimum atomic E-state index is -2.11. The molecular formula is C40H30IrN4O-2. The van der Waals surface area contributed by atoms with Gasteiger partial charge in [-0.25, -0.2) is 0 Å². The number of rotatable bonds is 1. The second-order valence-electron chi connectivity index (χ2n) is 12.2. The van der Waals surface area contributed by atoms with Crippen LogP contribution in [-0.2, 0) is 25.5 Å². The normalized spacial score (nSPS) is 13.0. The summed E-state index contributed by atoms with van der Waals surface area (Å²) >= 11 is 0. The van der Waals surface area contributed by atoms with Crippen molar-refractivity contribution in [3.05, 3.63) is 133 Å². The predicted molar refractivity (Wildman–Crippen MR) is 184 cm³/mol. The Morgan fingerprint density at radius 1 is 0.783 bits per heavy atom. The van der Waals surface area contributed by atoms with Crippen LogP contribution in [0.2, 0.25) is 0 Å². The van der Waals surface area contributed by atoms with Gasteiger partial charge in [-0.15, -0.1) is 65.0 Å². The number of fused-ring (bicyclic) bond motifs is 12. The van der Waals surface area contributed by atoms with Crippen molar-refractivity contribution in [3.8, 4) is 11.4 Å². The van der Waals surface area contributed by atoms with Gasteiger partial charge in [-0.3, -0.25) is 15.0 Å². The van der Waals surface area contributed by atoms with Gasteiger partial charge in [-0.1, -0.05) is 75.5 Å². The van der Waals surface area contributed by atoms with E-state index in [2.05, 4.69) is 95.8 Å². The molecule has 0 bridgehead atoms. The van der Waals surface area contributed by atoms with Gasteiger partial charge in [-0.05, 0) is 29.7 Å². The molecular weight excluding hydrogens is 745 g/mol. The molecule has 4 heterocycles. The Kier molecular flexibility index (Phi) is 6.57. The summed E-state index contributed by atoms with van der Waals surface area (Å²) in [6.45, 7) is 4.14. The third-order valence-corrected chi connectivity index (χ3v) is 8.15. The average molecular weight is 778 g/mol. The molecule has 0 amide bonds. The van der Waals surface area contributed by atoms with Crippen LogP contribution in [0.3, 0.4) is 0 Å². The van der Waals surface area contributed by atoms with Gasteiger partial charge in [0.05, 0.1) is 28.0 Å². The third kappa shape index (κ3) is 4.95. The Bertz CT molecular complexity index is 2650. The number of pyridine rings is 1. The minimum absolute atomic E-state index is 0. The molecule has 4 aromatic heterocycles. The van der Waals surface area contributed by atoms with Crippen LogP contribution in [0, 0.1) is 19.0 Å². The third-order valence-electron chi connectivity index (χ3n) is 8.15. The molecule has 0 atom stereocenters. The largest absolute Gasteiger partial charge is 0.454 e. The molecule has 6 heteroatoms. The second-order valence-corrected chi connectivity index (χ2v) is 12.2. The summed E-state index contributed by atoms with van der Waals surface area (Å²) in [6, 6.07) is 40.0. The van der Waals surface area contributed by atoms with Gasteiger partial charge in [0, 0.05) is 52.3 Å². The number of aryl methyl sites for hydroxylation is 1. The molecule has 0 saturated carbocycles. The Hall–Kier alpha value is -4.90. The van der Waals surface area contributed by atoms with Crippen molar-refractivity contribution in [1.82, 2.24) is 19.4 Å². The van der Waals surface area contributed by atoms with Crippen LogP contribution in [0.1, 0.15) is 36.1 Å². The van der Waals surface area contributed by atoms with Crippen molar-refractivity contribution in [2.24, 2.45) is 0 Å². The number of furan rings is 1. The van der Waals surface area contributed by atoms with Crippen molar-refractivity contribution in [2.45, 2.75) is 33.0 Å². The molecule has 0 saturated heterocycles. The zero-order valence-electron chi connectivity index (χ0n) is 28.4. The van der Waals surface area contributed by atoms with Crippen LogP contribution in [0.4, 0.5) is 0 Å². The smallest absolute Gasteiger partial charge is 0.158 e. The van der Waals surface area contributed by atoms with Crippen molar-refractivity contribution in [1.29, 1.82) is 0 Å². The van der Waals surface area contributed by atoms with Gasteiger partial charge in [0.15, 0.2) is 5.58 Å². The quantitative estimate of drug-likeness (QED) is 0.123. The maximum Gasteiger partial charge on any atom is 0.158 e. The molecule has 0 aliphatic heterocycles. The molecule has 5 nitrogen and oxygen atoms in total. The van der Waals surface area contributed by atoms with Crippen LogP contribution in [0.15, 0.2) is 114 Å². The van der Waals surface area contributed by atoms with Crippen LogP contribution >= 0.6 is 0 Å². The molecule has 9 aromatic rings. The zero-order chi connectivity index (χ0) is 33.2. The number of imidazole rings is 1. The molecule has 227 valence electrons. The Morgan fingerprint density at radius 2 is 1.59 bits per heavy atom.